The van der Waals surface area contributed by atoms with Crippen molar-refractivity contribution in [1.82, 2.24) is 4.90 Å². The molecule has 0 amide bonds. The van der Waals surface area contributed by atoms with E-state index >= 15 is 0 Å². The lowest BCUT2D eigenvalue weighted by Gasteiger charge is -2.22. The third-order valence-electron chi connectivity index (χ3n) is 3.34. The molecule has 0 aromatic heterocycles. The summed E-state index contributed by atoms with van der Waals surface area (Å²) in [5.41, 5.74) is 1.19. The first-order valence-corrected chi connectivity index (χ1v) is 7.20. The van der Waals surface area contributed by atoms with Gasteiger partial charge in [-0.15, -0.1) is 0 Å². The minimum Gasteiger partial charge on any atom is -0.491 e. The lowest BCUT2D eigenvalue weighted by Crippen LogP contribution is -2.35. The van der Waals surface area contributed by atoms with E-state index in [0.29, 0.717) is 19.1 Å². The van der Waals surface area contributed by atoms with Crippen LogP contribution in [0.5, 0.6) is 5.75 Å². The number of rotatable bonds is 8. The molecule has 19 heavy (non-hydrogen) atoms. The van der Waals surface area contributed by atoms with Crippen molar-refractivity contribution < 1.29 is 9.84 Å². The first kappa shape index (κ1) is 16.0. The fraction of sp³-hybridized carbons (Fsp3) is 0.625. The van der Waals surface area contributed by atoms with Gasteiger partial charge >= 0.3 is 0 Å². The second-order valence-corrected chi connectivity index (χ2v) is 5.14. The number of nitrogens with zero attached hydrogens (tertiary/aromatic N) is 1. The van der Waals surface area contributed by atoms with Gasteiger partial charge in [0.2, 0.25) is 0 Å². The number of aliphatic hydroxyl groups excluding tert-OH is 1. The quantitative estimate of drug-likeness (QED) is 0.784. The normalized spacial score (nSPS) is 13.0. The molecule has 3 nitrogen and oxygen atoms in total. The molecule has 1 atom stereocenters. The Balaban J connectivity index is 2.52. The minimum absolute atomic E-state index is 0.347. The monoisotopic (exact) mass is 265 g/mol. The molecule has 0 bridgehead atoms. The Morgan fingerprint density at radius 3 is 2.37 bits per heavy atom. The van der Waals surface area contributed by atoms with Crippen molar-refractivity contribution in [1.29, 1.82) is 0 Å². The highest BCUT2D eigenvalue weighted by Crippen LogP contribution is 2.25. The van der Waals surface area contributed by atoms with Crippen molar-refractivity contribution in [2.75, 3.05) is 26.2 Å². The topological polar surface area (TPSA) is 32.7 Å². The molecule has 108 valence electrons. The molecule has 0 heterocycles. The summed E-state index contributed by atoms with van der Waals surface area (Å²) in [6.45, 7) is 11.4. The zero-order valence-electron chi connectivity index (χ0n) is 12.6. The van der Waals surface area contributed by atoms with Gasteiger partial charge in [0, 0.05) is 6.54 Å². The average molecular weight is 265 g/mol. The summed E-state index contributed by atoms with van der Waals surface area (Å²) in [7, 11) is 0. The third kappa shape index (κ3) is 5.21. The summed E-state index contributed by atoms with van der Waals surface area (Å²) < 4.78 is 5.77. The van der Waals surface area contributed by atoms with Crippen LogP contribution in [0.15, 0.2) is 24.3 Å². The van der Waals surface area contributed by atoms with Crippen LogP contribution in [0.4, 0.5) is 0 Å². The fourth-order valence-electron chi connectivity index (χ4n) is 2.11. The summed E-state index contributed by atoms with van der Waals surface area (Å²) >= 11 is 0. The van der Waals surface area contributed by atoms with Gasteiger partial charge in [-0.25, -0.2) is 0 Å². The van der Waals surface area contributed by atoms with Gasteiger partial charge in [-0.1, -0.05) is 45.9 Å². The van der Waals surface area contributed by atoms with E-state index in [1.165, 1.54) is 5.56 Å². The summed E-state index contributed by atoms with van der Waals surface area (Å²) in [5.74, 6) is 1.31. The van der Waals surface area contributed by atoms with Gasteiger partial charge in [0.15, 0.2) is 0 Å². The summed E-state index contributed by atoms with van der Waals surface area (Å²) in [6.07, 6.45) is -0.444. The van der Waals surface area contributed by atoms with Crippen LogP contribution in [0.2, 0.25) is 0 Å². The molecule has 1 aromatic rings. The smallest absolute Gasteiger partial charge is 0.122 e. The molecular weight excluding hydrogens is 238 g/mol. The number of likely N-dealkylation sites (N-methyl/N-ethyl adjacent to an activating group) is 1. The molecule has 1 rings (SSSR count). The maximum atomic E-state index is 10.0. The number of hydrogen-bond acceptors (Lipinski definition) is 3. The average Bonchev–Trinajstić information content (AvgIpc) is 2.42. The largest absolute Gasteiger partial charge is 0.491 e. The van der Waals surface area contributed by atoms with E-state index in [9.17, 15) is 5.11 Å². The van der Waals surface area contributed by atoms with Crippen molar-refractivity contribution in [2.45, 2.75) is 39.7 Å². The zero-order chi connectivity index (χ0) is 14.3. The maximum absolute atomic E-state index is 10.0. The van der Waals surface area contributed by atoms with Crippen molar-refractivity contribution in [3.63, 3.8) is 0 Å². The molecule has 0 saturated carbocycles. The van der Waals surface area contributed by atoms with Crippen molar-refractivity contribution in [3.8, 4) is 5.75 Å². The van der Waals surface area contributed by atoms with Crippen LogP contribution in [0, 0.1) is 0 Å². The van der Waals surface area contributed by atoms with Gasteiger partial charge in [-0.05, 0) is 30.6 Å². The lowest BCUT2D eigenvalue weighted by atomic mass is 10.0. The van der Waals surface area contributed by atoms with Gasteiger partial charge in [0.1, 0.15) is 18.5 Å². The molecule has 3 heteroatoms. The van der Waals surface area contributed by atoms with Crippen LogP contribution in [0.1, 0.15) is 39.2 Å². The van der Waals surface area contributed by atoms with Crippen LogP contribution in [0.25, 0.3) is 0 Å². The summed E-state index contributed by atoms with van der Waals surface area (Å²) in [5, 5.41) is 10.0. The molecule has 0 spiro atoms. The van der Waals surface area contributed by atoms with E-state index in [4.69, 9.17) is 4.74 Å². The SMILES string of the molecule is CCN(CC)CC(O)COc1ccccc1C(C)C. The fourth-order valence-corrected chi connectivity index (χ4v) is 2.11. The van der Waals surface area contributed by atoms with Crippen LogP contribution < -0.4 is 4.74 Å². The zero-order valence-corrected chi connectivity index (χ0v) is 12.6. The molecule has 1 N–H and O–H groups in total. The molecule has 1 aromatic carbocycles. The molecule has 0 aliphatic heterocycles. The van der Waals surface area contributed by atoms with Gasteiger partial charge in [0.05, 0.1) is 0 Å². The van der Waals surface area contributed by atoms with Gasteiger partial charge < -0.3 is 14.7 Å². The van der Waals surface area contributed by atoms with Crippen molar-refractivity contribution in [2.24, 2.45) is 0 Å². The number of benzene rings is 1. The molecule has 1 unspecified atom stereocenters. The predicted octanol–water partition coefficient (Wildman–Crippen LogP) is 2.89. The summed E-state index contributed by atoms with van der Waals surface area (Å²) in [4.78, 5) is 2.20. The van der Waals surface area contributed by atoms with E-state index in [1.807, 2.05) is 18.2 Å². The van der Waals surface area contributed by atoms with E-state index in [-0.39, 0.29) is 0 Å². The Morgan fingerprint density at radius 1 is 1.16 bits per heavy atom. The third-order valence-corrected chi connectivity index (χ3v) is 3.34. The number of hydrogen-bond donors (Lipinski definition) is 1. The van der Waals surface area contributed by atoms with E-state index in [2.05, 4.69) is 38.7 Å². The maximum Gasteiger partial charge on any atom is 0.122 e. The Labute approximate surface area is 117 Å². The Kier molecular flexibility index (Phi) is 6.89. The highest BCUT2D eigenvalue weighted by atomic mass is 16.5. The standard InChI is InChI=1S/C16H27NO2/c1-5-17(6-2)11-14(18)12-19-16-10-8-7-9-15(16)13(3)4/h7-10,13-14,18H,5-6,11-12H2,1-4H3. The lowest BCUT2D eigenvalue weighted by molar-refractivity contribution is 0.0712. The molecule has 0 radical (unpaired) electrons. The predicted molar refractivity (Wildman–Crippen MR) is 79.8 cm³/mol. The van der Waals surface area contributed by atoms with E-state index < -0.39 is 6.10 Å². The molecule has 0 fully saturated rings. The number of aliphatic hydroxyl groups is 1. The molecule has 0 aliphatic carbocycles. The van der Waals surface area contributed by atoms with E-state index in [0.717, 1.165) is 18.8 Å². The molecular formula is C16H27NO2. The van der Waals surface area contributed by atoms with Gasteiger partial charge in [0.25, 0.3) is 0 Å². The van der Waals surface area contributed by atoms with Crippen LogP contribution in [0.3, 0.4) is 0 Å². The number of ether oxygens (including phenoxy) is 1. The first-order valence-electron chi connectivity index (χ1n) is 7.20. The second-order valence-electron chi connectivity index (χ2n) is 5.14. The Morgan fingerprint density at radius 2 is 1.79 bits per heavy atom. The van der Waals surface area contributed by atoms with Crippen molar-refractivity contribution in [3.05, 3.63) is 29.8 Å². The first-order chi connectivity index (χ1) is 9.08. The van der Waals surface area contributed by atoms with Crippen LogP contribution in [-0.4, -0.2) is 42.4 Å². The highest BCUT2D eigenvalue weighted by Gasteiger charge is 2.12. The molecule has 0 aliphatic rings. The summed E-state index contributed by atoms with van der Waals surface area (Å²) in [6, 6.07) is 8.04. The second kappa shape index (κ2) is 8.18. The van der Waals surface area contributed by atoms with Crippen molar-refractivity contribution >= 4 is 0 Å². The van der Waals surface area contributed by atoms with Gasteiger partial charge in [-0.2, -0.15) is 0 Å². The van der Waals surface area contributed by atoms with E-state index in [1.54, 1.807) is 0 Å². The minimum atomic E-state index is -0.444. The number of para-hydroxylation sites is 1. The Hall–Kier alpha value is -1.06. The van der Waals surface area contributed by atoms with Crippen LogP contribution >= 0.6 is 0 Å². The highest BCUT2D eigenvalue weighted by molar-refractivity contribution is 5.35. The Bertz CT molecular complexity index is 362. The van der Waals surface area contributed by atoms with Crippen LogP contribution in [-0.2, 0) is 0 Å². The molecule has 0 saturated heterocycles. The van der Waals surface area contributed by atoms with Gasteiger partial charge in [-0.3, -0.25) is 0 Å².